The molecule has 8 nitrogen and oxygen atoms in total. The Hall–Kier alpha value is -3.07. The second kappa shape index (κ2) is 14.8. The summed E-state index contributed by atoms with van der Waals surface area (Å²) in [4.78, 5) is 38.1. The summed E-state index contributed by atoms with van der Waals surface area (Å²) in [5.41, 5.74) is 4.99. The number of rotatable bonds is 9. The third-order valence-electron chi connectivity index (χ3n) is 10.9. The SMILES string of the molecule is CC(=CC=CC=CC1C(C)=CC2C(O)C(C)CCC2C2C(=O)OC(=O)C(C)=C3CC(O)C(C)C3=C12)CC(C)CC(O)C(C)C(=O)O. The highest BCUT2D eigenvalue weighted by Crippen LogP contribution is 2.53. The predicted octanol–water partition coefficient (Wildman–Crippen LogP) is 5.86. The van der Waals surface area contributed by atoms with Crippen LogP contribution in [0.25, 0.3) is 0 Å². The van der Waals surface area contributed by atoms with Gasteiger partial charge in [0.05, 0.1) is 30.1 Å². The Bertz CT molecular complexity index is 1390. The van der Waals surface area contributed by atoms with Crippen LogP contribution >= 0.6 is 0 Å². The van der Waals surface area contributed by atoms with E-state index >= 15 is 0 Å². The molecule has 46 heavy (non-hydrogen) atoms. The zero-order valence-corrected chi connectivity index (χ0v) is 28.3. The summed E-state index contributed by atoms with van der Waals surface area (Å²) in [6, 6.07) is 0. The fraction of sp³-hybridized carbons (Fsp3) is 0.605. The Morgan fingerprint density at radius 3 is 2.46 bits per heavy atom. The van der Waals surface area contributed by atoms with Crippen LogP contribution in [-0.4, -0.2) is 56.6 Å². The van der Waals surface area contributed by atoms with E-state index in [9.17, 15) is 29.7 Å². The van der Waals surface area contributed by atoms with E-state index in [1.165, 1.54) is 6.92 Å². The molecule has 2 fully saturated rings. The molecule has 0 amide bonds. The number of fused-ring (bicyclic) bond motifs is 4. The molecule has 1 aliphatic heterocycles. The molecule has 0 radical (unpaired) electrons. The van der Waals surface area contributed by atoms with Crippen LogP contribution in [0.15, 0.2) is 69.9 Å². The maximum atomic E-state index is 13.9. The van der Waals surface area contributed by atoms with Crippen LogP contribution in [-0.2, 0) is 19.1 Å². The Labute approximate surface area is 273 Å². The first-order chi connectivity index (χ1) is 21.6. The van der Waals surface area contributed by atoms with E-state index in [1.54, 1.807) is 6.92 Å². The summed E-state index contributed by atoms with van der Waals surface area (Å²) in [6.45, 7) is 13.2. The van der Waals surface area contributed by atoms with Crippen LogP contribution in [0, 0.1) is 47.3 Å². The number of cyclic esters (lactones) is 2. The van der Waals surface area contributed by atoms with E-state index in [2.05, 4.69) is 12.2 Å². The Kier molecular flexibility index (Phi) is 11.5. The number of carboxylic acid groups (broad SMARTS) is 1. The first-order valence-corrected chi connectivity index (χ1v) is 16.8. The van der Waals surface area contributed by atoms with Gasteiger partial charge in [0.15, 0.2) is 0 Å². The van der Waals surface area contributed by atoms with Crippen molar-refractivity contribution in [2.24, 2.45) is 47.3 Å². The highest BCUT2D eigenvalue weighted by Gasteiger charge is 2.51. The van der Waals surface area contributed by atoms with Crippen LogP contribution in [0.5, 0.6) is 0 Å². The Morgan fingerprint density at radius 1 is 1.09 bits per heavy atom. The molecule has 8 heteroatoms. The average Bonchev–Trinajstić information content (AvgIpc) is 3.21. The van der Waals surface area contributed by atoms with E-state index in [-0.39, 0.29) is 35.5 Å². The Morgan fingerprint density at radius 2 is 1.78 bits per heavy atom. The van der Waals surface area contributed by atoms with Crippen molar-refractivity contribution >= 4 is 17.9 Å². The molecule has 0 aromatic heterocycles. The van der Waals surface area contributed by atoms with E-state index in [0.717, 1.165) is 47.1 Å². The molecule has 0 aromatic rings. The van der Waals surface area contributed by atoms with E-state index in [1.807, 2.05) is 58.9 Å². The number of hydrogen-bond donors (Lipinski definition) is 4. The number of allylic oxidation sites excluding steroid dienone is 7. The van der Waals surface area contributed by atoms with Gasteiger partial charge >= 0.3 is 17.9 Å². The van der Waals surface area contributed by atoms with Crippen LogP contribution < -0.4 is 0 Å². The van der Waals surface area contributed by atoms with Gasteiger partial charge in [-0.15, -0.1) is 0 Å². The number of carbonyl (C=O) groups excluding carboxylic acids is 2. The molecule has 11 atom stereocenters. The number of aliphatic carboxylic acids is 1. The molecular weight excluding hydrogens is 584 g/mol. The molecule has 0 spiro atoms. The maximum absolute atomic E-state index is 13.9. The normalized spacial score (nSPS) is 34.3. The number of aliphatic hydroxyl groups is 3. The molecule has 3 aliphatic carbocycles. The third kappa shape index (κ3) is 7.40. The predicted molar refractivity (Wildman–Crippen MR) is 176 cm³/mol. The quantitative estimate of drug-likeness (QED) is 0.107. The lowest BCUT2D eigenvalue weighted by Gasteiger charge is -2.41. The topological polar surface area (TPSA) is 141 Å². The summed E-state index contributed by atoms with van der Waals surface area (Å²) in [5.74, 6) is -4.64. The van der Waals surface area contributed by atoms with Crippen molar-refractivity contribution in [3.63, 3.8) is 0 Å². The molecule has 0 saturated heterocycles. The van der Waals surface area contributed by atoms with E-state index in [4.69, 9.17) is 9.84 Å². The maximum Gasteiger partial charge on any atom is 0.341 e. The van der Waals surface area contributed by atoms with Gasteiger partial charge in [-0.2, -0.15) is 0 Å². The molecular formula is C38H52O8. The smallest absolute Gasteiger partial charge is 0.341 e. The number of hydrogen-bond acceptors (Lipinski definition) is 7. The monoisotopic (exact) mass is 636 g/mol. The molecule has 0 aromatic carbocycles. The summed E-state index contributed by atoms with van der Waals surface area (Å²) in [6.07, 6.45) is 12.7. The number of esters is 2. The van der Waals surface area contributed by atoms with Crippen LogP contribution in [0.2, 0.25) is 0 Å². The van der Waals surface area contributed by atoms with Gasteiger partial charge in [-0.05, 0) is 94.3 Å². The molecule has 252 valence electrons. The zero-order chi connectivity index (χ0) is 34.0. The van der Waals surface area contributed by atoms with Gasteiger partial charge < -0.3 is 25.2 Å². The fourth-order valence-corrected chi connectivity index (χ4v) is 8.08. The highest BCUT2D eigenvalue weighted by atomic mass is 16.6. The molecule has 11 unspecified atom stereocenters. The van der Waals surface area contributed by atoms with Gasteiger partial charge in [-0.3, -0.25) is 9.59 Å². The minimum absolute atomic E-state index is 0.0779. The van der Waals surface area contributed by atoms with Crippen molar-refractivity contribution in [2.75, 3.05) is 0 Å². The van der Waals surface area contributed by atoms with Gasteiger partial charge in [-0.1, -0.05) is 68.4 Å². The number of carboxylic acids is 1. The third-order valence-corrected chi connectivity index (χ3v) is 10.9. The van der Waals surface area contributed by atoms with Crippen molar-refractivity contribution in [3.05, 3.63) is 69.9 Å². The minimum atomic E-state index is -1.00. The van der Waals surface area contributed by atoms with Crippen molar-refractivity contribution in [1.82, 2.24) is 0 Å². The van der Waals surface area contributed by atoms with Crippen molar-refractivity contribution in [1.29, 1.82) is 0 Å². The van der Waals surface area contributed by atoms with Gasteiger partial charge in [0.25, 0.3) is 0 Å². The number of carbonyl (C=O) groups is 3. The van der Waals surface area contributed by atoms with E-state index in [0.29, 0.717) is 18.4 Å². The van der Waals surface area contributed by atoms with Crippen LogP contribution in [0.4, 0.5) is 0 Å². The molecule has 4 N–H and O–H groups in total. The minimum Gasteiger partial charge on any atom is -0.481 e. The lowest BCUT2D eigenvalue weighted by Crippen LogP contribution is -2.43. The Balaban J connectivity index is 1.69. The summed E-state index contributed by atoms with van der Waals surface area (Å²) < 4.78 is 5.50. The van der Waals surface area contributed by atoms with Crippen molar-refractivity contribution in [3.8, 4) is 0 Å². The summed E-state index contributed by atoms with van der Waals surface area (Å²) >= 11 is 0. The zero-order valence-electron chi connectivity index (χ0n) is 28.3. The van der Waals surface area contributed by atoms with Crippen molar-refractivity contribution in [2.45, 2.75) is 98.9 Å². The second-order valence-corrected chi connectivity index (χ2v) is 14.4. The molecule has 1 heterocycles. The fourth-order valence-electron chi connectivity index (χ4n) is 8.08. The van der Waals surface area contributed by atoms with Crippen molar-refractivity contribution < 1.29 is 39.5 Å². The van der Waals surface area contributed by atoms with Gasteiger partial charge in [0.2, 0.25) is 0 Å². The summed E-state index contributed by atoms with van der Waals surface area (Å²) in [7, 11) is 0. The highest BCUT2D eigenvalue weighted by molar-refractivity contribution is 5.99. The van der Waals surface area contributed by atoms with E-state index < -0.39 is 48.1 Å². The summed E-state index contributed by atoms with van der Waals surface area (Å²) in [5, 5.41) is 41.7. The lowest BCUT2D eigenvalue weighted by atomic mass is 9.65. The second-order valence-electron chi connectivity index (χ2n) is 14.4. The van der Waals surface area contributed by atoms with Crippen LogP contribution in [0.1, 0.15) is 80.6 Å². The number of aliphatic hydroxyl groups excluding tert-OH is 3. The molecule has 0 bridgehead atoms. The first-order valence-electron chi connectivity index (χ1n) is 16.8. The number of ether oxygens (including phenoxy) is 1. The largest absolute Gasteiger partial charge is 0.481 e. The van der Waals surface area contributed by atoms with Crippen LogP contribution in [0.3, 0.4) is 0 Å². The molecule has 4 aliphatic rings. The average molecular weight is 637 g/mol. The first kappa shape index (κ1) is 35.8. The lowest BCUT2D eigenvalue weighted by molar-refractivity contribution is -0.162. The van der Waals surface area contributed by atoms with Gasteiger partial charge in [-0.25, -0.2) is 4.79 Å². The van der Waals surface area contributed by atoms with Gasteiger partial charge in [0, 0.05) is 23.3 Å². The molecule has 4 rings (SSSR count). The van der Waals surface area contributed by atoms with Gasteiger partial charge in [0.1, 0.15) is 0 Å². The molecule has 2 saturated carbocycles. The standard InChI is InChI=1S/C38H52O8/c1-19(15-20(2)16-30(39)25(7)36(42)43)11-9-8-10-12-26-22(4)17-29-27(14-13-21(3)35(29)41)34-33(26)32-24(6)31(40)18-28(32)23(5)37(44)46-38(34)45/h8-12,17,20-21,24-27,29-31,34-35,39-41H,13-16,18H2,1-7H3,(H,42,43).